The summed E-state index contributed by atoms with van der Waals surface area (Å²) < 4.78 is 0. The summed E-state index contributed by atoms with van der Waals surface area (Å²) in [6.45, 7) is 0. The van der Waals surface area contributed by atoms with Crippen LogP contribution in [0.2, 0.25) is 0 Å². The van der Waals surface area contributed by atoms with Crippen LogP contribution in [0.3, 0.4) is 0 Å². The maximum Gasteiger partial charge on any atom is 0.179 e. The summed E-state index contributed by atoms with van der Waals surface area (Å²) in [7, 11) is 0. The van der Waals surface area contributed by atoms with Gasteiger partial charge in [0.05, 0.1) is 0 Å². The van der Waals surface area contributed by atoms with Crippen LogP contribution in [0.25, 0.3) is 18.2 Å². The zero-order chi connectivity index (χ0) is 12.1. The average molecular weight is 230 g/mol. The van der Waals surface area contributed by atoms with Gasteiger partial charge in [0.15, 0.2) is 5.78 Å². The molecule has 0 fully saturated rings. The van der Waals surface area contributed by atoms with E-state index >= 15 is 0 Å². The number of ketones is 1. The molecule has 18 heavy (non-hydrogen) atoms. The largest absolute Gasteiger partial charge is 0.290 e. The zero-order valence-electron chi connectivity index (χ0n) is 9.68. The summed E-state index contributed by atoms with van der Waals surface area (Å²) in [5.74, 6) is 0.0676. The zero-order valence-corrected chi connectivity index (χ0v) is 9.68. The highest BCUT2D eigenvalue weighted by Gasteiger charge is 2.10. The molecule has 2 aliphatic carbocycles. The Labute approximate surface area is 104 Å². The third kappa shape index (κ3) is 1.19. The minimum Gasteiger partial charge on any atom is -0.290 e. The van der Waals surface area contributed by atoms with Gasteiger partial charge in [-0.15, -0.1) is 0 Å². The molecule has 0 spiro atoms. The molecule has 0 N–H and O–H groups in total. The number of rotatable bonds is 0. The second-order valence-corrected chi connectivity index (χ2v) is 4.64. The normalized spacial score (nSPS) is 14.3. The molecule has 0 aromatic heterocycles. The van der Waals surface area contributed by atoms with Gasteiger partial charge in [0.25, 0.3) is 0 Å². The molecule has 2 aliphatic rings. The van der Waals surface area contributed by atoms with Crippen molar-refractivity contribution in [2.75, 3.05) is 0 Å². The first kappa shape index (κ1) is 9.60. The van der Waals surface area contributed by atoms with E-state index in [9.17, 15) is 4.79 Å². The van der Waals surface area contributed by atoms with E-state index in [1.54, 1.807) is 12.2 Å². The summed E-state index contributed by atoms with van der Waals surface area (Å²) in [5, 5.41) is 4.81. The molecule has 0 saturated carbocycles. The van der Waals surface area contributed by atoms with Gasteiger partial charge in [-0.05, 0) is 56.3 Å². The van der Waals surface area contributed by atoms with Gasteiger partial charge in [-0.3, -0.25) is 4.79 Å². The van der Waals surface area contributed by atoms with Crippen molar-refractivity contribution < 1.29 is 4.79 Å². The van der Waals surface area contributed by atoms with E-state index in [1.165, 1.54) is 21.2 Å². The fourth-order valence-electron chi connectivity index (χ4n) is 2.75. The highest BCUT2D eigenvalue weighted by molar-refractivity contribution is 6.17. The van der Waals surface area contributed by atoms with Crippen LogP contribution in [0.5, 0.6) is 0 Å². The summed E-state index contributed by atoms with van der Waals surface area (Å²) in [5.41, 5.74) is 2.39. The lowest BCUT2D eigenvalue weighted by Crippen LogP contribution is -2.13. The van der Waals surface area contributed by atoms with Crippen molar-refractivity contribution in [3.8, 4) is 0 Å². The molecular weight excluding hydrogens is 220 g/mol. The fourth-order valence-corrected chi connectivity index (χ4v) is 2.75. The molecule has 0 radical (unpaired) electrons. The number of carbonyl (C=O) groups is 1. The first-order chi connectivity index (χ1) is 8.83. The molecule has 1 nitrogen and oxygen atoms in total. The molecule has 0 heterocycles. The van der Waals surface area contributed by atoms with Gasteiger partial charge in [-0.25, -0.2) is 0 Å². The quantitative estimate of drug-likeness (QED) is 0.572. The Bertz CT molecular complexity index is 931. The van der Waals surface area contributed by atoms with Crippen molar-refractivity contribution in [1.29, 1.82) is 0 Å². The second kappa shape index (κ2) is 3.30. The fraction of sp³-hybridized carbons (Fsp3) is 0. The SMILES string of the molecule is O=C1C=Cc2c3c(ccc2=C1)=c1ccccc1=C3. The minimum atomic E-state index is 0.0676. The van der Waals surface area contributed by atoms with E-state index in [0.717, 1.165) is 10.8 Å². The van der Waals surface area contributed by atoms with Crippen LogP contribution in [-0.2, 0) is 4.79 Å². The molecule has 0 saturated heterocycles. The Kier molecular flexibility index (Phi) is 1.76. The van der Waals surface area contributed by atoms with Crippen molar-refractivity contribution in [3.05, 3.63) is 74.5 Å². The standard InChI is InChI=1S/C17H10O/c18-13-6-8-15-12(9-13)5-7-16-14-4-2-1-3-11(14)10-17(15)16/h1-10H. The lowest BCUT2D eigenvalue weighted by Gasteiger charge is -2.05. The topological polar surface area (TPSA) is 17.1 Å². The van der Waals surface area contributed by atoms with E-state index in [0.29, 0.717) is 0 Å². The highest BCUT2D eigenvalue weighted by Crippen LogP contribution is 2.15. The molecule has 0 bridgehead atoms. The molecule has 4 rings (SSSR count). The van der Waals surface area contributed by atoms with Crippen LogP contribution < -0.4 is 10.4 Å². The van der Waals surface area contributed by atoms with Gasteiger partial charge < -0.3 is 0 Å². The number of benzene rings is 2. The summed E-state index contributed by atoms with van der Waals surface area (Å²) in [6.07, 6.45) is 7.47. The average Bonchev–Trinajstić information content (AvgIpc) is 2.77. The van der Waals surface area contributed by atoms with Crippen LogP contribution in [0.4, 0.5) is 0 Å². The van der Waals surface area contributed by atoms with Crippen LogP contribution in [0, 0.1) is 10.4 Å². The first-order valence-corrected chi connectivity index (χ1v) is 6.01. The molecule has 2 aromatic rings. The van der Waals surface area contributed by atoms with Crippen LogP contribution in [-0.4, -0.2) is 5.78 Å². The lowest BCUT2D eigenvalue weighted by molar-refractivity contribution is -0.109. The minimum absolute atomic E-state index is 0.0676. The van der Waals surface area contributed by atoms with Gasteiger partial charge in [-0.2, -0.15) is 0 Å². The van der Waals surface area contributed by atoms with Crippen LogP contribution >= 0.6 is 0 Å². The van der Waals surface area contributed by atoms with Crippen LogP contribution in [0.15, 0.2) is 42.5 Å². The van der Waals surface area contributed by atoms with Crippen molar-refractivity contribution in [2.24, 2.45) is 0 Å². The molecular formula is C17H10O. The predicted octanol–water partition coefficient (Wildman–Crippen LogP) is 1.49. The maximum atomic E-state index is 11.4. The van der Waals surface area contributed by atoms with Crippen LogP contribution in [0.1, 0.15) is 11.1 Å². The van der Waals surface area contributed by atoms with Crippen molar-refractivity contribution >= 4 is 24.0 Å². The molecule has 0 atom stereocenters. The third-order valence-electron chi connectivity index (χ3n) is 3.58. The van der Waals surface area contributed by atoms with Gasteiger partial charge in [0.1, 0.15) is 0 Å². The van der Waals surface area contributed by atoms with Gasteiger partial charge in [0, 0.05) is 0 Å². The monoisotopic (exact) mass is 230 g/mol. The maximum absolute atomic E-state index is 11.4. The number of carbonyl (C=O) groups excluding carboxylic acids is 1. The van der Waals surface area contributed by atoms with E-state index in [2.05, 4.69) is 36.4 Å². The van der Waals surface area contributed by atoms with E-state index in [-0.39, 0.29) is 5.78 Å². The summed E-state index contributed by atoms with van der Waals surface area (Å²) >= 11 is 0. The van der Waals surface area contributed by atoms with Crippen molar-refractivity contribution in [3.63, 3.8) is 0 Å². The van der Waals surface area contributed by atoms with Crippen molar-refractivity contribution in [1.82, 2.24) is 0 Å². The lowest BCUT2D eigenvalue weighted by atomic mass is 9.99. The molecule has 0 unspecified atom stereocenters. The highest BCUT2D eigenvalue weighted by atomic mass is 16.1. The molecule has 1 heteroatoms. The first-order valence-electron chi connectivity index (χ1n) is 6.01. The smallest absolute Gasteiger partial charge is 0.179 e. The predicted molar refractivity (Wildman–Crippen MR) is 71.9 cm³/mol. The molecule has 2 aromatic carbocycles. The van der Waals surface area contributed by atoms with Crippen molar-refractivity contribution in [2.45, 2.75) is 0 Å². The summed E-state index contributed by atoms with van der Waals surface area (Å²) in [4.78, 5) is 11.4. The Morgan fingerprint density at radius 3 is 2.50 bits per heavy atom. The van der Waals surface area contributed by atoms with E-state index < -0.39 is 0 Å². The van der Waals surface area contributed by atoms with Gasteiger partial charge >= 0.3 is 0 Å². The second-order valence-electron chi connectivity index (χ2n) is 4.64. The van der Waals surface area contributed by atoms with E-state index in [4.69, 9.17) is 0 Å². The van der Waals surface area contributed by atoms with E-state index in [1.807, 2.05) is 12.1 Å². The Balaban J connectivity index is 2.26. The molecule has 84 valence electrons. The third-order valence-corrected chi connectivity index (χ3v) is 3.58. The Morgan fingerprint density at radius 2 is 1.56 bits per heavy atom. The number of hydrogen-bond acceptors (Lipinski definition) is 1. The number of fused-ring (bicyclic) bond motifs is 4. The Morgan fingerprint density at radius 1 is 0.667 bits per heavy atom. The molecule has 0 aliphatic heterocycles. The van der Waals surface area contributed by atoms with Gasteiger partial charge in [0.2, 0.25) is 0 Å². The Hall–Kier alpha value is -2.41. The summed E-state index contributed by atoms with van der Waals surface area (Å²) in [6, 6.07) is 12.5. The number of hydrogen-bond donors (Lipinski definition) is 0. The van der Waals surface area contributed by atoms with Gasteiger partial charge in [-0.1, -0.05) is 36.4 Å². The number of allylic oxidation sites excluding steroid dienone is 1. The molecule has 0 amide bonds.